The zero-order valence-corrected chi connectivity index (χ0v) is 11.3. The molecule has 0 fully saturated rings. The second-order valence-electron chi connectivity index (χ2n) is 3.92. The molecule has 0 spiro atoms. The van der Waals surface area contributed by atoms with Gasteiger partial charge in [0.1, 0.15) is 0 Å². The van der Waals surface area contributed by atoms with Crippen molar-refractivity contribution in [1.29, 1.82) is 0 Å². The molecular weight excluding hydrogens is 272 g/mol. The molecule has 2 aromatic rings. The number of thiophene rings is 1. The highest BCUT2D eigenvalue weighted by Gasteiger charge is 2.16. The van der Waals surface area contributed by atoms with Crippen LogP contribution in [0, 0.1) is 0 Å². The van der Waals surface area contributed by atoms with Crippen LogP contribution in [-0.4, -0.2) is 25.2 Å². The lowest BCUT2D eigenvalue weighted by Crippen LogP contribution is -2.06. The van der Waals surface area contributed by atoms with Gasteiger partial charge in [0.2, 0.25) is 0 Å². The van der Waals surface area contributed by atoms with Crippen LogP contribution in [0.5, 0.6) is 0 Å². The number of sulfone groups is 1. The number of benzene rings is 1. The normalized spacial score (nSPS) is 11.8. The summed E-state index contributed by atoms with van der Waals surface area (Å²) in [4.78, 5) is 11.1. The van der Waals surface area contributed by atoms with Crippen LogP contribution in [0.1, 0.15) is 22.8 Å². The number of aromatic carboxylic acids is 1. The average Bonchev–Trinajstić information content (AvgIpc) is 2.72. The smallest absolute Gasteiger partial charge is 0.337 e. The molecule has 6 heteroatoms. The van der Waals surface area contributed by atoms with Crippen LogP contribution >= 0.6 is 11.3 Å². The Morgan fingerprint density at radius 3 is 2.72 bits per heavy atom. The third-order valence-electron chi connectivity index (χ3n) is 2.73. The van der Waals surface area contributed by atoms with E-state index in [0.29, 0.717) is 10.3 Å². The van der Waals surface area contributed by atoms with E-state index in [2.05, 4.69) is 0 Å². The third kappa shape index (κ3) is 2.39. The third-order valence-corrected chi connectivity index (χ3v) is 5.43. The molecule has 1 aromatic carbocycles. The van der Waals surface area contributed by atoms with Crippen molar-refractivity contribution < 1.29 is 18.3 Å². The minimum atomic E-state index is -3.11. The summed E-state index contributed by atoms with van der Waals surface area (Å²) in [5.74, 6) is -0.942. The van der Waals surface area contributed by atoms with Gasteiger partial charge in [-0.05, 0) is 22.4 Å². The molecular formula is C12H12O4S2. The molecule has 0 aliphatic heterocycles. The molecule has 4 nitrogen and oxygen atoms in total. The van der Waals surface area contributed by atoms with E-state index >= 15 is 0 Å². The van der Waals surface area contributed by atoms with E-state index in [0.717, 1.165) is 5.39 Å². The van der Waals surface area contributed by atoms with Gasteiger partial charge in [-0.2, -0.15) is 0 Å². The highest BCUT2D eigenvalue weighted by atomic mass is 32.2. The minimum absolute atomic E-state index is 0.0351. The number of carboxylic acid groups (broad SMARTS) is 1. The first kappa shape index (κ1) is 13.0. The Morgan fingerprint density at radius 2 is 2.11 bits per heavy atom. The van der Waals surface area contributed by atoms with Gasteiger partial charge in [-0.25, -0.2) is 13.2 Å². The number of hydrogen-bond acceptors (Lipinski definition) is 4. The molecule has 2 rings (SSSR count). The summed E-state index contributed by atoms with van der Waals surface area (Å²) in [6.45, 7) is 1.60. The summed E-state index contributed by atoms with van der Waals surface area (Å²) >= 11 is 1.27. The molecule has 0 unspecified atom stereocenters. The Balaban J connectivity index is 2.56. The van der Waals surface area contributed by atoms with Crippen LogP contribution in [0.2, 0.25) is 0 Å². The number of carboxylic acids is 1. The van der Waals surface area contributed by atoms with Crippen LogP contribution in [0.25, 0.3) is 10.1 Å². The second kappa shape index (κ2) is 4.70. The first-order chi connectivity index (χ1) is 8.44. The van der Waals surface area contributed by atoms with E-state index in [1.165, 1.54) is 17.4 Å². The maximum atomic E-state index is 11.6. The minimum Gasteiger partial charge on any atom is -0.478 e. The molecule has 0 aliphatic rings. The molecule has 1 heterocycles. The fourth-order valence-electron chi connectivity index (χ4n) is 1.73. The fraction of sp³-hybridized carbons (Fsp3) is 0.250. The van der Waals surface area contributed by atoms with Crippen molar-refractivity contribution in [1.82, 2.24) is 0 Å². The predicted octanol–water partition coefficient (Wildman–Crippen LogP) is 2.53. The lowest BCUT2D eigenvalue weighted by Gasteiger charge is -2.01. The summed E-state index contributed by atoms with van der Waals surface area (Å²) in [7, 11) is -3.11. The summed E-state index contributed by atoms with van der Waals surface area (Å²) in [6, 6.07) is 4.93. The molecule has 18 heavy (non-hydrogen) atoms. The van der Waals surface area contributed by atoms with E-state index in [-0.39, 0.29) is 17.1 Å². The van der Waals surface area contributed by atoms with Crippen molar-refractivity contribution in [2.45, 2.75) is 12.7 Å². The van der Waals surface area contributed by atoms with Gasteiger partial charge in [-0.1, -0.05) is 19.1 Å². The molecule has 0 aliphatic carbocycles. The van der Waals surface area contributed by atoms with Gasteiger partial charge >= 0.3 is 5.97 Å². The predicted molar refractivity (Wildman–Crippen MR) is 71.9 cm³/mol. The van der Waals surface area contributed by atoms with Crippen LogP contribution in [0.4, 0.5) is 0 Å². The molecule has 0 amide bonds. The van der Waals surface area contributed by atoms with Gasteiger partial charge in [-0.15, -0.1) is 11.3 Å². The van der Waals surface area contributed by atoms with E-state index in [9.17, 15) is 13.2 Å². The zero-order chi connectivity index (χ0) is 13.3. The molecule has 1 N–H and O–H groups in total. The lowest BCUT2D eigenvalue weighted by molar-refractivity contribution is 0.0699. The van der Waals surface area contributed by atoms with Gasteiger partial charge in [0.25, 0.3) is 0 Å². The summed E-state index contributed by atoms with van der Waals surface area (Å²) in [5, 5.41) is 11.5. The van der Waals surface area contributed by atoms with Gasteiger partial charge in [0.05, 0.1) is 11.3 Å². The Labute approximate surface area is 109 Å². The molecule has 0 saturated carbocycles. The standard InChI is InChI=1S/C12H12O4S2/c1-2-18(15,16)7-8-6-17-11-9(8)4-3-5-10(11)12(13)14/h3-6H,2,7H2,1H3,(H,13,14). The molecule has 0 radical (unpaired) electrons. The first-order valence-corrected chi connectivity index (χ1v) is 8.07. The van der Waals surface area contributed by atoms with Gasteiger partial charge in [0.15, 0.2) is 9.84 Å². The SMILES string of the molecule is CCS(=O)(=O)Cc1csc2c(C(=O)O)cccc12. The van der Waals surface area contributed by atoms with Crippen LogP contribution < -0.4 is 0 Å². The highest BCUT2D eigenvalue weighted by Crippen LogP contribution is 2.30. The van der Waals surface area contributed by atoms with Crippen molar-refractivity contribution in [2.24, 2.45) is 0 Å². The molecule has 1 aromatic heterocycles. The van der Waals surface area contributed by atoms with Crippen LogP contribution in [0.3, 0.4) is 0 Å². The fourth-order valence-corrected chi connectivity index (χ4v) is 3.83. The van der Waals surface area contributed by atoms with Gasteiger partial charge in [-0.3, -0.25) is 0 Å². The number of fused-ring (bicyclic) bond motifs is 1. The number of rotatable bonds is 4. The van der Waals surface area contributed by atoms with Gasteiger partial charge in [0, 0.05) is 10.5 Å². The first-order valence-electron chi connectivity index (χ1n) is 5.37. The Morgan fingerprint density at radius 1 is 1.39 bits per heavy atom. The van der Waals surface area contributed by atoms with Crippen molar-refractivity contribution in [3.05, 3.63) is 34.7 Å². The largest absolute Gasteiger partial charge is 0.478 e. The van der Waals surface area contributed by atoms with Crippen molar-refractivity contribution in [3.63, 3.8) is 0 Å². The van der Waals surface area contributed by atoms with E-state index in [4.69, 9.17) is 5.11 Å². The quantitative estimate of drug-likeness (QED) is 0.936. The van der Waals surface area contributed by atoms with Crippen molar-refractivity contribution >= 4 is 37.2 Å². The zero-order valence-electron chi connectivity index (χ0n) is 9.71. The van der Waals surface area contributed by atoms with E-state index < -0.39 is 15.8 Å². The second-order valence-corrected chi connectivity index (χ2v) is 7.16. The Kier molecular flexibility index (Phi) is 3.41. The molecule has 0 saturated heterocycles. The summed E-state index contributed by atoms with van der Waals surface area (Å²) in [5.41, 5.74) is 0.901. The summed E-state index contributed by atoms with van der Waals surface area (Å²) < 4.78 is 23.9. The van der Waals surface area contributed by atoms with Crippen LogP contribution in [-0.2, 0) is 15.6 Å². The number of carbonyl (C=O) groups is 1. The highest BCUT2D eigenvalue weighted by molar-refractivity contribution is 7.90. The average molecular weight is 284 g/mol. The van der Waals surface area contributed by atoms with Crippen molar-refractivity contribution in [3.8, 4) is 0 Å². The molecule has 0 atom stereocenters. The maximum Gasteiger partial charge on any atom is 0.337 e. The maximum absolute atomic E-state index is 11.6. The van der Waals surface area contributed by atoms with E-state index in [1.807, 2.05) is 0 Å². The number of hydrogen-bond donors (Lipinski definition) is 1. The van der Waals surface area contributed by atoms with Crippen molar-refractivity contribution in [2.75, 3.05) is 5.75 Å². The van der Waals surface area contributed by atoms with Crippen LogP contribution in [0.15, 0.2) is 23.6 Å². The monoisotopic (exact) mass is 284 g/mol. The lowest BCUT2D eigenvalue weighted by atomic mass is 10.1. The molecule has 96 valence electrons. The summed E-state index contributed by atoms with van der Waals surface area (Å²) in [6.07, 6.45) is 0. The van der Waals surface area contributed by atoms with Gasteiger partial charge < -0.3 is 5.11 Å². The molecule has 0 bridgehead atoms. The Hall–Kier alpha value is -1.40. The Bertz CT molecular complexity index is 698. The topological polar surface area (TPSA) is 71.4 Å². The van der Waals surface area contributed by atoms with E-state index in [1.54, 1.807) is 24.4 Å².